The van der Waals surface area contributed by atoms with Gasteiger partial charge in [-0.25, -0.2) is 0 Å². The molecule has 8 heteroatoms. The van der Waals surface area contributed by atoms with E-state index in [1.54, 1.807) is 5.01 Å². The highest BCUT2D eigenvalue weighted by Crippen LogP contribution is 2.31. The Morgan fingerprint density at radius 2 is 1.61 bits per heavy atom. The number of hydrogen-bond donors (Lipinski definition) is 4. The van der Waals surface area contributed by atoms with Crippen molar-refractivity contribution < 1.29 is 19.5 Å². The van der Waals surface area contributed by atoms with E-state index in [2.05, 4.69) is 16.3 Å². The number of nitrogens with one attached hydrogen (secondary N) is 3. The molecule has 0 spiro atoms. The number of hydrazine groups is 2. The Hall–Kier alpha value is -2.61. The molecule has 0 aromatic heterocycles. The lowest BCUT2D eigenvalue weighted by Gasteiger charge is -2.35. The van der Waals surface area contributed by atoms with Crippen molar-refractivity contribution in [2.45, 2.75) is 51.4 Å². The summed E-state index contributed by atoms with van der Waals surface area (Å²) in [5.74, 6) is -0.00178. The molecule has 3 aliphatic rings. The molecule has 1 aliphatic heterocycles. The van der Waals surface area contributed by atoms with Crippen LogP contribution in [-0.4, -0.2) is 41.0 Å². The first-order chi connectivity index (χ1) is 15.0. The highest BCUT2D eigenvalue weighted by molar-refractivity contribution is 6.00. The van der Waals surface area contributed by atoms with E-state index >= 15 is 0 Å². The summed E-state index contributed by atoms with van der Waals surface area (Å²) in [7, 11) is 0. The molecule has 0 bridgehead atoms. The molecular weight excluding hydrogens is 396 g/mol. The molecule has 1 aromatic carbocycles. The first-order valence-electron chi connectivity index (χ1n) is 11.4. The number of para-hydroxylation sites is 1. The maximum Gasteiger partial charge on any atom is 0.306 e. The van der Waals surface area contributed by atoms with Gasteiger partial charge in [-0.15, -0.1) is 5.53 Å². The Balaban J connectivity index is 1.17. The standard InChI is InChI=1S/C23H32N4O4/c28-21(24-13-15-5-11-18(12-6-15)23(30)31)17-9-7-16(8-10-17)14-27-22(29)19-3-1-2-4-20(19)25-26-27/h1-4,15-18,25-26H,5-14H2,(H,24,28)(H,30,31). The second kappa shape index (κ2) is 9.68. The van der Waals surface area contributed by atoms with Crippen LogP contribution in [0.15, 0.2) is 24.3 Å². The Kier molecular flexibility index (Phi) is 6.75. The van der Waals surface area contributed by atoms with Gasteiger partial charge in [-0.05, 0) is 75.3 Å². The van der Waals surface area contributed by atoms with E-state index < -0.39 is 5.97 Å². The van der Waals surface area contributed by atoms with Gasteiger partial charge in [0.25, 0.3) is 5.91 Å². The highest BCUT2D eigenvalue weighted by Gasteiger charge is 2.31. The van der Waals surface area contributed by atoms with Gasteiger partial charge in [-0.1, -0.05) is 12.1 Å². The third-order valence-electron chi connectivity index (χ3n) is 7.15. The van der Waals surface area contributed by atoms with Crippen LogP contribution in [0, 0.1) is 23.7 Å². The second-order valence-corrected chi connectivity index (χ2v) is 9.22. The van der Waals surface area contributed by atoms with Crippen LogP contribution in [0.1, 0.15) is 61.7 Å². The molecule has 168 valence electrons. The SMILES string of the molecule is O=C(O)C1CCC(CNC(=O)C2CCC(CN3NNc4ccccc4C3=O)CC2)CC1. The van der Waals surface area contributed by atoms with Crippen LogP contribution in [0.3, 0.4) is 0 Å². The van der Waals surface area contributed by atoms with Crippen molar-refractivity contribution in [3.63, 3.8) is 0 Å². The van der Waals surface area contributed by atoms with E-state index in [4.69, 9.17) is 5.11 Å². The minimum Gasteiger partial charge on any atom is -0.481 e. The minimum absolute atomic E-state index is 0.0214. The molecule has 4 rings (SSSR count). The zero-order valence-electron chi connectivity index (χ0n) is 17.8. The molecule has 8 nitrogen and oxygen atoms in total. The lowest BCUT2D eigenvalue weighted by Crippen LogP contribution is -2.52. The van der Waals surface area contributed by atoms with Gasteiger partial charge >= 0.3 is 5.97 Å². The summed E-state index contributed by atoms with van der Waals surface area (Å²) in [5.41, 5.74) is 7.53. The number of anilines is 1. The number of carboxylic acids is 1. The van der Waals surface area contributed by atoms with Crippen molar-refractivity contribution in [1.82, 2.24) is 15.9 Å². The summed E-state index contributed by atoms with van der Waals surface area (Å²) in [6, 6.07) is 7.46. The zero-order valence-corrected chi connectivity index (χ0v) is 17.8. The summed E-state index contributed by atoms with van der Waals surface area (Å²) < 4.78 is 0. The first-order valence-corrected chi connectivity index (χ1v) is 11.4. The summed E-state index contributed by atoms with van der Waals surface area (Å²) in [6.07, 6.45) is 6.70. The number of carbonyl (C=O) groups is 3. The molecule has 1 aromatic rings. The van der Waals surface area contributed by atoms with Crippen LogP contribution in [0.25, 0.3) is 0 Å². The molecule has 1 heterocycles. The topological polar surface area (TPSA) is 111 Å². The van der Waals surface area contributed by atoms with Crippen LogP contribution < -0.4 is 16.3 Å². The van der Waals surface area contributed by atoms with Gasteiger partial charge in [0.15, 0.2) is 0 Å². The average Bonchev–Trinajstić information content (AvgIpc) is 2.80. The maximum atomic E-state index is 12.7. The van der Waals surface area contributed by atoms with Crippen LogP contribution in [0.2, 0.25) is 0 Å². The number of carboxylic acid groups (broad SMARTS) is 1. The van der Waals surface area contributed by atoms with Gasteiger partial charge < -0.3 is 15.8 Å². The van der Waals surface area contributed by atoms with E-state index in [1.165, 1.54) is 0 Å². The van der Waals surface area contributed by atoms with Gasteiger partial charge in [0.05, 0.1) is 17.2 Å². The molecule has 0 atom stereocenters. The molecule has 0 saturated heterocycles. The molecule has 2 aliphatic carbocycles. The van der Waals surface area contributed by atoms with Crippen molar-refractivity contribution in [2.24, 2.45) is 23.7 Å². The number of aliphatic carboxylic acids is 1. The Bertz CT molecular complexity index is 814. The number of benzene rings is 1. The van der Waals surface area contributed by atoms with Gasteiger partial charge in [-0.3, -0.25) is 19.4 Å². The number of carbonyl (C=O) groups excluding carboxylic acids is 2. The van der Waals surface area contributed by atoms with E-state index in [1.807, 2.05) is 24.3 Å². The fourth-order valence-corrected chi connectivity index (χ4v) is 5.10. The Morgan fingerprint density at radius 1 is 0.968 bits per heavy atom. The largest absolute Gasteiger partial charge is 0.481 e. The van der Waals surface area contributed by atoms with Gasteiger partial charge in [0, 0.05) is 19.0 Å². The minimum atomic E-state index is -0.694. The number of amides is 2. The third-order valence-corrected chi connectivity index (χ3v) is 7.15. The second-order valence-electron chi connectivity index (χ2n) is 9.22. The number of rotatable bonds is 6. The van der Waals surface area contributed by atoms with E-state index in [0.717, 1.165) is 44.2 Å². The molecule has 31 heavy (non-hydrogen) atoms. The van der Waals surface area contributed by atoms with Gasteiger partial charge in [-0.2, -0.15) is 0 Å². The van der Waals surface area contributed by atoms with Gasteiger partial charge in [0.2, 0.25) is 5.91 Å². The van der Waals surface area contributed by atoms with Crippen LogP contribution in [0.5, 0.6) is 0 Å². The Labute approximate surface area is 182 Å². The lowest BCUT2D eigenvalue weighted by atomic mass is 9.80. The van der Waals surface area contributed by atoms with E-state index in [0.29, 0.717) is 43.3 Å². The molecule has 2 amide bonds. The highest BCUT2D eigenvalue weighted by atomic mass is 16.4. The summed E-state index contributed by atoms with van der Waals surface area (Å²) in [5, 5.41) is 13.8. The van der Waals surface area contributed by atoms with Crippen molar-refractivity contribution in [3.05, 3.63) is 29.8 Å². The molecule has 2 saturated carbocycles. The van der Waals surface area contributed by atoms with Crippen LogP contribution in [-0.2, 0) is 9.59 Å². The summed E-state index contributed by atoms with van der Waals surface area (Å²) in [6.45, 7) is 1.28. The first kappa shape index (κ1) is 21.6. The molecular formula is C23H32N4O4. The fraction of sp³-hybridized carbons (Fsp3) is 0.609. The average molecular weight is 429 g/mol. The molecule has 4 N–H and O–H groups in total. The molecule has 0 radical (unpaired) electrons. The van der Waals surface area contributed by atoms with E-state index in [-0.39, 0.29) is 23.7 Å². The predicted octanol–water partition coefficient (Wildman–Crippen LogP) is 2.79. The third kappa shape index (κ3) is 5.18. The smallest absolute Gasteiger partial charge is 0.306 e. The lowest BCUT2D eigenvalue weighted by molar-refractivity contribution is -0.143. The summed E-state index contributed by atoms with van der Waals surface area (Å²) in [4.78, 5) is 36.3. The zero-order chi connectivity index (χ0) is 21.8. The fourth-order valence-electron chi connectivity index (χ4n) is 5.10. The van der Waals surface area contributed by atoms with Crippen molar-refractivity contribution in [2.75, 3.05) is 18.5 Å². The Morgan fingerprint density at radius 3 is 2.32 bits per heavy atom. The number of nitrogens with zero attached hydrogens (tertiary/aromatic N) is 1. The van der Waals surface area contributed by atoms with Crippen molar-refractivity contribution in [3.8, 4) is 0 Å². The molecule has 2 fully saturated rings. The number of fused-ring (bicyclic) bond motifs is 1. The van der Waals surface area contributed by atoms with Crippen LogP contribution >= 0.6 is 0 Å². The van der Waals surface area contributed by atoms with Crippen LogP contribution in [0.4, 0.5) is 5.69 Å². The normalized spacial score (nSPS) is 28.4. The van der Waals surface area contributed by atoms with Crippen molar-refractivity contribution in [1.29, 1.82) is 0 Å². The van der Waals surface area contributed by atoms with Gasteiger partial charge in [0.1, 0.15) is 0 Å². The predicted molar refractivity (Wildman–Crippen MR) is 116 cm³/mol. The monoisotopic (exact) mass is 428 g/mol. The van der Waals surface area contributed by atoms with Crippen molar-refractivity contribution >= 4 is 23.5 Å². The molecule has 0 unspecified atom stereocenters. The quantitative estimate of drug-likeness (QED) is 0.555. The number of hydrogen-bond acceptors (Lipinski definition) is 5. The maximum absolute atomic E-state index is 12.7. The summed E-state index contributed by atoms with van der Waals surface area (Å²) >= 11 is 0. The van der Waals surface area contributed by atoms with E-state index in [9.17, 15) is 14.4 Å².